The maximum Gasteiger partial charge on any atom is 0.364 e. The van der Waals surface area contributed by atoms with Crippen LogP contribution in [-0.2, 0) is 0 Å². The third kappa shape index (κ3) is 0.868. The van der Waals surface area contributed by atoms with E-state index in [1.165, 1.54) is 0 Å². The van der Waals surface area contributed by atoms with E-state index in [1.807, 2.05) is 5.10 Å². The lowest BCUT2D eigenvalue weighted by Gasteiger charge is -1.78. The zero-order valence-electron chi connectivity index (χ0n) is 3.76. The molecule has 1 N–H and O–H groups in total. The molecule has 0 atom stereocenters. The van der Waals surface area contributed by atoms with Gasteiger partial charge in [0.1, 0.15) is 6.20 Å². The Kier molecular flexibility index (Phi) is 1.03. The van der Waals surface area contributed by atoms with Gasteiger partial charge in [-0.25, -0.2) is 9.89 Å². The lowest BCUT2D eigenvalue weighted by atomic mass is 10.9. The molecule has 0 aliphatic rings. The largest absolute Gasteiger partial charge is 0.364 e. The molecule has 0 fully saturated rings. The Morgan fingerprint density at radius 3 is 2.88 bits per heavy atom. The van der Waals surface area contributed by atoms with Crippen LogP contribution in [0.2, 0.25) is 0 Å². The molecule has 0 radical (unpaired) electrons. The second kappa shape index (κ2) is 1.69. The Morgan fingerprint density at radius 2 is 2.50 bits per heavy atom. The van der Waals surface area contributed by atoms with Gasteiger partial charge in [0, 0.05) is 0 Å². The Bertz CT molecular complexity index is 232. The number of hydrogen-bond donors (Lipinski definition) is 1. The molecule has 0 amide bonds. The molecule has 0 aromatic carbocycles. The second-order valence-electron chi connectivity index (χ2n) is 1.11. The first-order valence-corrected chi connectivity index (χ1v) is 1.86. The Labute approximate surface area is 43.4 Å². The average Bonchev–Trinajstić information content (AvgIpc) is 1.64. The van der Waals surface area contributed by atoms with Crippen molar-refractivity contribution in [3.63, 3.8) is 0 Å². The van der Waals surface area contributed by atoms with Gasteiger partial charge in [0.25, 0.3) is 0 Å². The molecule has 1 rings (SSSR count). The quantitative estimate of drug-likeness (QED) is 0.486. The van der Waals surface area contributed by atoms with Gasteiger partial charge in [-0.1, -0.05) is 0 Å². The third-order valence-corrected chi connectivity index (χ3v) is 0.540. The molecule has 0 saturated carbocycles. The Balaban J connectivity index is 3.28. The van der Waals surface area contributed by atoms with Crippen LogP contribution in [0.4, 0.5) is 4.39 Å². The van der Waals surface area contributed by atoms with Gasteiger partial charge >= 0.3 is 5.69 Å². The number of nitrogens with one attached hydrogen (secondary N) is 1. The second-order valence-corrected chi connectivity index (χ2v) is 1.11. The SMILES string of the molecule is O=c1nc(F)cn[nH]1. The summed E-state index contributed by atoms with van der Waals surface area (Å²) in [7, 11) is 0. The van der Waals surface area contributed by atoms with Crippen molar-refractivity contribution < 1.29 is 4.39 Å². The van der Waals surface area contributed by atoms with Crippen molar-refractivity contribution in [1.29, 1.82) is 0 Å². The topological polar surface area (TPSA) is 58.6 Å². The zero-order chi connectivity index (χ0) is 5.98. The van der Waals surface area contributed by atoms with Crippen molar-refractivity contribution in [2.45, 2.75) is 0 Å². The van der Waals surface area contributed by atoms with Gasteiger partial charge in [0.15, 0.2) is 0 Å². The summed E-state index contributed by atoms with van der Waals surface area (Å²) in [5.74, 6) is -0.867. The monoisotopic (exact) mass is 115 g/mol. The van der Waals surface area contributed by atoms with Crippen LogP contribution in [0, 0.1) is 5.95 Å². The number of H-pyrrole nitrogens is 1. The molecule has 8 heavy (non-hydrogen) atoms. The minimum absolute atomic E-state index is 0.773. The fraction of sp³-hybridized carbons (Fsp3) is 0. The van der Waals surface area contributed by atoms with Gasteiger partial charge in [-0.3, -0.25) is 0 Å². The number of aromatic amines is 1. The third-order valence-electron chi connectivity index (χ3n) is 0.540. The summed E-state index contributed by atoms with van der Waals surface area (Å²) < 4.78 is 11.8. The maximum atomic E-state index is 11.8. The van der Waals surface area contributed by atoms with Gasteiger partial charge in [-0.05, 0) is 0 Å². The molecule has 0 unspecified atom stereocenters. The summed E-state index contributed by atoms with van der Waals surface area (Å²) in [5.41, 5.74) is -0.773. The minimum Gasteiger partial charge on any atom is -0.244 e. The van der Waals surface area contributed by atoms with Crippen LogP contribution in [-0.4, -0.2) is 15.2 Å². The zero-order valence-corrected chi connectivity index (χ0v) is 3.76. The molecular formula is C3H2FN3O. The number of aromatic nitrogens is 3. The fourth-order valence-corrected chi connectivity index (χ4v) is 0.292. The molecule has 0 bridgehead atoms. The normalized spacial score (nSPS) is 9.12. The average molecular weight is 115 g/mol. The fourth-order valence-electron chi connectivity index (χ4n) is 0.292. The molecule has 0 aliphatic heterocycles. The number of rotatable bonds is 0. The van der Waals surface area contributed by atoms with Gasteiger partial charge in [-0.15, -0.1) is 0 Å². The van der Waals surface area contributed by atoms with Crippen LogP contribution in [0.3, 0.4) is 0 Å². The van der Waals surface area contributed by atoms with Crippen molar-refractivity contribution in [2.75, 3.05) is 0 Å². The van der Waals surface area contributed by atoms with Crippen LogP contribution >= 0.6 is 0 Å². The lowest BCUT2D eigenvalue weighted by Crippen LogP contribution is -2.12. The summed E-state index contributed by atoms with van der Waals surface area (Å²) in [5, 5.41) is 5.02. The summed E-state index contributed by atoms with van der Waals surface area (Å²) >= 11 is 0. The molecule has 4 nitrogen and oxygen atoms in total. The van der Waals surface area contributed by atoms with E-state index in [1.54, 1.807) is 0 Å². The standard InChI is InChI=1S/C3H2FN3O/c4-2-1-5-7-3(8)6-2/h1H,(H,6,7,8). The smallest absolute Gasteiger partial charge is 0.244 e. The van der Waals surface area contributed by atoms with Gasteiger partial charge < -0.3 is 0 Å². The van der Waals surface area contributed by atoms with E-state index in [0.717, 1.165) is 6.20 Å². The summed E-state index contributed by atoms with van der Waals surface area (Å²) in [6.45, 7) is 0. The Morgan fingerprint density at radius 1 is 1.75 bits per heavy atom. The molecule has 1 heterocycles. The highest BCUT2D eigenvalue weighted by atomic mass is 19.1. The molecule has 1 aromatic rings. The van der Waals surface area contributed by atoms with Crippen LogP contribution in [0.1, 0.15) is 0 Å². The predicted octanol–water partition coefficient (Wildman–Crippen LogP) is -0.696. The van der Waals surface area contributed by atoms with E-state index in [2.05, 4.69) is 10.1 Å². The van der Waals surface area contributed by atoms with Crippen LogP contribution in [0.5, 0.6) is 0 Å². The van der Waals surface area contributed by atoms with Crippen molar-refractivity contribution in [1.82, 2.24) is 15.2 Å². The Hall–Kier alpha value is -1.26. The van der Waals surface area contributed by atoms with Gasteiger partial charge in [0.2, 0.25) is 5.95 Å². The number of halogens is 1. The molecule has 1 aromatic heterocycles. The number of nitrogens with zero attached hydrogens (tertiary/aromatic N) is 2. The van der Waals surface area contributed by atoms with E-state index >= 15 is 0 Å². The maximum absolute atomic E-state index is 11.8. The molecular weight excluding hydrogens is 113 g/mol. The first-order valence-electron chi connectivity index (χ1n) is 1.86. The highest BCUT2D eigenvalue weighted by Gasteiger charge is 1.87. The van der Waals surface area contributed by atoms with Gasteiger partial charge in [0.05, 0.1) is 0 Å². The molecule has 5 heteroatoms. The van der Waals surface area contributed by atoms with Crippen molar-refractivity contribution >= 4 is 0 Å². The summed E-state index contributed by atoms with van der Waals surface area (Å²) in [4.78, 5) is 12.9. The van der Waals surface area contributed by atoms with Crippen molar-refractivity contribution in [3.05, 3.63) is 22.6 Å². The van der Waals surface area contributed by atoms with Crippen LogP contribution in [0.25, 0.3) is 0 Å². The molecule has 42 valence electrons. The summed E-state index contributed by atoms with van der Waals surface area (Å²) in [6.07, 6.45) is 0.821. The first-order chi connectivity index (χ1) is 3.79. The van der Waals surface area contributed by atoms with E-state index < -0.39 is 11.6 Å². The van der Waals surface area contributed by atoms with E-state index in [-0.39, 0.29) is 0 Å². The van der Waals surface area contributed by atoms with Crippen molar-refractivity contribution in [3.8, 4) is 0 Å². The molecule has 0 saturated heterocycles. The predicted molar refractivity (Wildman–Crippen MR) is 22.6 cm³/mol. The van der Waals surface area contributed by atoms with E-state index in [4.69, 9.17) is 0 Å². The van der Waals surface area contributed by atoms with E-state index in [9.17, 15) is 9.18 Å². The summed E-state index contributed by atoms with van der Waals surface area (Å²) in [6, 6.07) is 0. The minimum atomic E-state index is -0.867. The van der Waals surface area contributed by atoms with E-state index in [0.29, 0.717) is 0 Å². The lowest BCUT2D eigenvalue weighted by molar-refractivity contribution is 0.559. The van der Waals surface area contributed by atoms with Crippen molar-refractivity contribution in [2.24, 2.45) is 0 Å². The highest BCUT2D eigenvalue weighted by molar-refractivity contribution is 4.67. The van der Waals surface area contributed by atoms with Gasteiger partial charge in [-0.2, -0.15) is 14.5 Å². The molecule has 0 aliphatic carbocycles. The van der Waals surface area contributed by atoms with Crippen LogP contribution < -0.4 is 5.69 Å². The first kappa shape index (κ1) is 4.89. The van der Waals surface area contributed by atoms with Crippen LogP contribution in [0.15, 0.2) is 11.0 Å². The molecule has 0 spiro atoms. The highest BCUT2D eigenvalue weighted by Crippen LogP contribution is 1.75. The number of hydrogen-bond acceptors (Lipinski definition) is 3.